The van der Waals surface area contributed by atoms with E-state index in [2.05, 4.69) is 5.32 Å². The minimum absolute atomic E-state index is 0.0609. The molecule has 0 unspecified atom stereocenters. The van der Waals surface area contributed by atoms with Crippen LogP contribution in [-0.4, -0.2) is 94.4 Å². The van der Waals surface area contributed by atoms with Crippen LogP contribution in [0.25, 0.3) is 0 Å². The Kier molecular flexibility index (Phi) is 7.27. The van der Waals surface area contributed by atoms with E-state index in [1.165, 1.54) is 14.2 Å². The number of aromatic hydroxyl groups is 1. The molecule has 2 aromatic rings. The summed E-state index contributed by atoms with van der Waals surface area (Å²) in [4.78, 5) is 13.5. The van der Waals surface area contributed by atoms with E-state index in [0.29, 0.717) is 17.1 Å². The summed E-state index contributed by atoms with van der Waals surface area (Å²) in [6.45, 7) is 2.18. The first-order valence-corrected chi connectivity index (χ1v) is 14.3. The number of benzene rings is 2. The molecule has 5 aliphatic rings. The number of aliphatic hydroxyl groups excluding tert-OH is 1. The second kappa shape index (κ2) is 11.0. The van der Waals surface area contributed by atoms with Gasteiger partial charge >= 0.3 is 5.97 Å². The first kappa shape index (κ1) is 28.4. The van der Waals surface area contributed by atoms with E-state index in [4.69, 9.17) is 42.6 Å². The van der Waals surface area contributed by atoms with Crippen LogP contribution in [0.4, 0.5) is 0 Å². The normalized spacial score (nSPS) is 35.9. The number of ether oxygens (including phenoxy) is 9. The Hall–Kier alpha value is -3.33. The van der Waals surface area contributed by atoms with Crippen LogP contribution >= 0.6 is 0 Å². The smallest absolute Gasteiger partial charge is 0.310 e. The average Bonchev–Trinajstić information content (AvgIpc) is 3.63. The van der Waals surface area contributed by atoms with Crippen molar-refractivity contribution in [1.29, 1.82) is 0 Å². The zero-order chi connectivity index (χ0) is 30.0. The number of carbonyl (C=O) groups is 1. The van der Waals surface area contributed by atoms with Crippen molar-refractivity contribution >= 4 is 5.97 Å². The SMILES string of the molecule is CN[C@@H]1[C@@H](O[C@@H]2c3cc4c(cc3[C@@H](c3cc(OC)c(O)c(OC)c3)[C@H]3C(=O)OC[C@@H]32)OCO4)O[C@H]2CO[C@H](C)O[C@@H]2[C@H]1O. The van der Waals surface area contributed by atoms with Gasteiger partial charge in [-0.05, 0) is 54.9 Å². The lowest BCUT2D eigenvalue weighted by atomic mass is 9.66. The van der Waals surface area contributed by atoms with Crippen LogP contribution in [0.3, 0.4) is 0 Å². The van der Waals surface area contributed by atoms with Crippen LogP contribution < -0.4 is 24.3 Å². The van der Waals surface area contributed by atoms with Crippen molar-refractivity contribution in [3.05, 3.63) is 41.0 Å². The second-order valence-electron chi connectivity index (χ2n) is 11.3. The van der Waals surface area contributed by atoms with Gasteiger partial charge in [0.1, 0.15) is 18.3 Å². The average molecular weight is 602 g/mol. The number of hydrogen-bond donors (Lipinski definition) is 3. The molecular weight excluding hydrogens is 566 g/mol. The first-order valence-electron chi connectivity index (χ1n) is 14.3. The molecular formula is C30H35NO12. The quantitative estimate of drug-likeness (QED) is 0.411. The van der Waals surface area contributed by atoms with Crippen LogP contribution in [-0.2, 0) is 28.5 Å². The Morgan fingerprint density at radius 2 is 1.65 bits per heavy atom. The van der Waals surface area contributed by atoms with Crippen molar-refractivity contribution in [2.75, 3.05) is 41.3 Å². The molecule has 3 N–H and O–H groups in total. The van der Waals surface area contributed by atoms with Gasteiger partial charge in [-0.15, -0.1) is 0 Å². The molecule has 0 aromatic heterocycles. The minimum atomic E-state index is -0.943. The lowest BCUT2D eigenvalue weighted by Crippen LogP contribution is -2.66. The summed E-state index contributed by atoms with van der Waals surface area (Å²) >= 11 is 0. The number of phenolic OH excluding ortho intramolecular Hbond substituents is 1. The van der Waals surface area contributed by atoms with Gasteiger partial charge in [0.05, 0.1) is 45.5 Å². The molecule has 0 spiro atoms. The lowest BCUT2D eigenvalue weighted by Gasteiger charge is -2.49. The van der Waals surface area contributed by atoms with E-state index >= 15 is 0 Å². The number of carbonyl (C=O) groups excluding carboxylic acids is 1. The number of rotatable bonds is 6. The molecule has 232 valence electrons. The minimum Gasteiger partial charge on any atom is -0.502 e. The Balaban J connectivity index is 1.33. The van der Waals surface area contributed by atoms with E-state index in [-0.39, 0.29) is 43.2 Å². The Labute approximate surface area is 247 Å². The summed E-state index contributed by atoms with van der Waals surface area (Å²) < 4.78 is 52.6. The summed E-state index contributed by atoms with van der Waals surface area (Å²) in [6, 6.07) is 6.49. The van der Waals surface area contributed by atoms with Crippen molar-refractivity contribution in [2.45, 2.75) is 55.9 Å². The van der Waals surface area contributed by atoms with Crippen LogP contribution in [0.1, 0.15) is 35.6 Å². The molecule has 0 saturated carbocycles. The van der Waals surface area contributed by atoms with Crippen molar-refractivity contribution in [3.8, 4) is 28.7 Å². The molecule has 4 heterocycles. The Bertz CT molecular complexity index is 1380. The van der Waals surface area contributed by atoms with Crippen molar-refractivity contribution in [2.24, 2.45) is 11.8 Å². The van der Waals surface area contributed by atoms with E-state index in [0.717, 1.165) is 11.1 Å². The highest BCUT2D eigenvalue weighted by Crippen LogP contribution is 2.57. The Morgan fingerprint density at radius 3 is 2.33 bits per heavy atom. The van der Waals surface area contributed by atoms with Gasteiger partial charge in [0, 0.05) is 11.8 Å². The molecule has 2 aromatic carbocycles. The summed E-state index contributed by atoms with van der Waals surface area (Å²) in [7, 11) is 4.62. The summed E-state index contributed by atoms with van der Waals surface area (Å²) in [5.41, 5.74) is 2.21. The van der Waals surface area contributed by atoms with Crippen molar-refractivity contribution in [1.82, 2.24) is 5.32 Å². The van der Waals surface area contributed by atoms with Crippen LogP contribution in [0.5, 0.6) is 28.7 Å². The number of methoxy groups -OCH3 is 2. The fourth-order valence-electron chi connectivity index (χ4n) is 7.06. The number of aliphatic hydroxyl groups is 1. The second-order valence-corrected chi connectivity index (χ2v) is 11.3. The van der Waals surface area contributed by atoms with Gasteiger partial charge in [-0.2, -0.15) is 0 Å². The maximum atomic E-state index is 13.5. The van der Waals surface area contributed by atoms with Gasteiger partial charge in [0.25, 0.3) is 0 Å². The molecule has 0 bridgehead atoms. The fourth-order valence-corrected chi connectivity index (χ4v) is 7.06. The topological polar surface area (TPSA) is 153 Å². The first-order chi connectivity index (χ1) is 20.8. The molecule has 13 nitrogen and oxygen atoms in total. The fraction of sp³-hybridized carbons (Fsp3) is 0.567. The predicted molar refractivity (Wildman–Crippen MR) is 145 cm³/mol. The summed E-state index contributed by atoms with van der Waals surface area (Å²) in [5.74, 6) is -0.617. The van der Waals surface area contributed by atoms with E-state index < -0.39 is 60.8 Å². The number of hydrogen-bond acceptors (Lipinski definition) is 13. The molecule has 1 aliphatic carbocycles. The van der Waals surface area contributed by atoms with Crippen LogP contribution in [0.15, 0.2) is 24.3 Å². The number of phenols is 1. The van der Waals surface area contributed by atoms with Crippen molar-refractivity contribution < 1.29 is 57.6 Å². The largest absolute Gasteiger partial charge is 0.502 e. The van der Waals surface area contributed by atoms with Gasteiger partial charge in [0.15, 0.2) is 35.6 Å². The Morgan fingerprint density at radius 1 is 0.953 bits per heavy atom. The molecule has 13 heteroatoms. The van der Waals surface area contributed by atoms with Crippen LogP contribution in [0.2, 0.25) is 0 Å². The molecule has 3 fully saturated rings. The maximum absolute atomic E-state index is 13.5. The summed E-state index contributed by atoms with van der Waals surface area (Å²) in [5, 5.41) is 25.0. The van der Waals surface area contributed by atoms with Crippen molar-refractivity contribution in [3.63, 3.8) is 0 Å². The molecule has 7 rings (SSSR count). The van der Waals surface area contributed by atoms with Crippen LogP contribution in [0, 0.1) is 11.8 Å². The third-order valence-corrected chi connectivity index (χ3v) is 9.11. The molecule has 0 radical (unpaired) electrons. The number of nitrogens with one attached hydrogen (secondary N) is 1. The molecule has 10 atom stereocenters. The molecule has 4 aliphatic heterocycles. The van der Waals surface area contributed by atoms with Gasteiger partial charge in [-0.25, -0.2) is 0 Å². The molecule has 43 heavy (non-hydrogen) atoms. The number of fused-ring (bicyclic) bond motifs is 4. The maximum Gasteiger partial charge on any atom is 0.310 e. The molecule has 3 saturated heterocycles. The lowest BCUT2D eigenvalue weighted by molar-refractivity contribution is -0.346. The van der Waals surface area contributed by atoms with E-state index in [9.17, 15) is 15.0 Å². The van der Waals surface area contributed by atoms with Gasteiger partial charge in [0.2, 0.25) is 12.5 Å². The number of esters is 1. The van der Waals surface area contributed by atoms with E-state index in [1.54, 1.807) is 26.1 Å². The monoisotopic (exact) mass is 601 g/mol. The zero-order valence-electron chi connectivity index (χ0n) is 24.2. The van der Waals surface area contributed by atoms with Gasteiger partial charge < -0.3 is 58.2 Å². The third kappa shape index (κ3) is 4.57. The van der Waals surface area contributed by atoms with Gasteiger partial charge in [-0.1, -0.05) is 0 Å². The highest BCUT2D eigenvalue weighted by Gasteiger charge is 2.56. The number of cyclic esters (lactones) is 1. The van der Waals surface area contributed by atoms with Gasteiger partial charge in [-0.3, -0.25) is 4.79 Å². The predicted octanol–water partition coefficient (Wildman–Crippen LogP) is 1.57. The third-order valence-electron chi connectivity index (χ3n) is 9.11. The standard InChI is InChI=1S/C30H35NO12/c1-12-37-10-21-28(41-12)26(33)24(31-2)30(42-21)43-27-15-8-18-17(39-11-40-18)7-14(15)22(23-16(27)9-38-29(23)34)13-5-19(35-3)25(32)20(6-13)36-4/h5-8,12,16,21-24,26-28,30-33H,9-11H2,1-4H3/t12-,16-,21-,22+,23-,24-,26-,27+,28-,30+/m0/s1. The van der Waals surface area contributed by atoms with E-state index in [1.807, 2.05) is 12.1 Å². The molecule has 0 amide bonds. The summed E-state index contributed by atoms with van der Waals surface area (Å²) in [6.07, 6.45) is -4.15. The highest BCUT2D eigenvalue weighted by atomic mass is 16.7. The zero-order valence-corrected chi connectivity index (χ0v) is 24.2. The highest BCUT2D eigenvalue weighted by molar-refractivity contribution is 5.79. The number of likely N-dealkylation sites (N-methyl/N-ethyl adjacent to an activating group) is 1.